The van der Waals surface area contributed by atoms with E-state index < -0.39 is 0 Å². The number of rotatable bonds is 5. The van der Waals surface area contributed by atoms with E-state index in [4.69, 9.17) is 23.2 Å². The van der Waals surface area contributed by atoms with Gasteiger partial charge in [0.2, 0.25) is 5.91 Å². The van der Waals surface area contributed by atoms with Crippen molar-refractivity contribution in [2.75, 3.05) is 16.8 Å². The van der Waals surface area contributed by atoms with Gasteiger partial charge in [-0.05, 0) is 35.7 Å². The van der Waals surface area contributed by atoms with Crippen molar-refractivity contribution >= 4 is 46.6 Å². The van der Waals surface area contributed by atoms with Crippen LogP contribution in [0.15, 0.2) is 61.1 Å². The number of hydrogen-bond acceptors (Lipinski definition) is 5. The Balaban J connectivity index is 1.39. The van der Waals surface area contributed by atoms with Crippen molar-refractivity contribution in [3.05, 3.63) is 82.2 Å². The lowest BCUT2D eigenvalue weighted by Crippen LogP contribution is -2.31. The summed E-state index contributed by atoms with van der Waals surface area (Å²) < 4.78 is 1.72. The van der Waals surface area contributed by atoms with Crippen molar-refractivity contribution < 1.29 is 4.79 Å². The maximum Gasteiger partial charge on any atom is 0.232 e. The first kappa shape index (κ1) is 21.4. The summed E-state index contributed by atoms with van der Waals surface area (Å²) in [5.41, 5.74) is 3.50. The van der Waals surface area contributed by atoms with Crippen LogP contribution in [-0.2, 0) is 24.7 Å². The fourth-order valence-corrected chi connectivity index (χ4v) is 4.33. The van der Waals surface area contributed by atoms with E-state index in [0.717, 1.165) is 34.5 Å². The van der Waals surface area contributed by atoms with Gasteiger partial charge in [-0.1, -0.05) is 41.4 Å². The topological polar surface area (TPSA) is 75.9 Å². The zero-order valence-corrected chi connectivity index (χ0v) is 19.3. The zero-order chi connectivity index (χ0) is 22.9. The molecule has 0 saturated carbocycles. The number of nitrogens with zero attached hydrogens (tertiary/aromatic N) is 5. The number of aryl methyl sites for hydroxylation is 1. The summed E-state index contributed by atoms with van der Waals surface area (Å²) in [6, 6.07) is 13.2. The van der Waals surface area contributed by atoms with Crippen molar-refractivity contribution in [1.82, 2.24) is 19.7 Å². The Morgan fingerprint density at radius 1 is 1.09 bits per heavy atom. The Morgan fingerprint density at radius 2 is 1.94 bits per heavy atom. The van der Waals surface area contributed by atoms with Gasteiger partial charge in [0.25, 0.3) is 0 Å². The normalized spacial score (nSPS) is 12.6. The molecule has 9 heteroatoms. The molecular formula is C24H20Cl2N6O. The highest BCUT2D eigenvalue weighted by Gasteiger charge is 2.27. The third-order valence-corrected chi connectivity index (χ3v) is 6.32. The minimum atomic E-state index is -0.0216. The van der Waals surface area contributed by atoms with E-state index in [1.807, 2.05) is 43.4 Å². The molecule has 0 fully saturated rings. The molecule has 0 unspecified atom stereocenters. The van der Waals surface area contributed by atoms with Crippen LogP contribution < -0.4 is 10.2 Å². The molecule has 166 valence electrons. The van der Waals surface area contributed by atoms with Gasteiger partial charge in [0.1, 0.15) is 17.5 Å². The summed E-state index contributed by atoms with van der Waals surface area (Å²) >= 11 is 12.7. The van der Waals surface area contributed by atoms with Gasteiger partial charge in [0.15, 0.2) is 0 Å². The molecule has 5 rings (SSSR count). The highest BCUT2D eigenvalue weighted by Crippen LogP contribution is 2.34. The molecular weight excluding hydrogens is 459 g/mol. The number of amides is 1. The van der Waals surface area contributed by atoms with Crippen LogP contribution in [0.2, 0.25) is 10.0 Å². The van der Waals surface area contributed by atoms with Gasteiger partial charge in [-0.25, -0.2) is 9.97 Å². The number of pyridine rings is 2. The zero-order valence-electron chi connectivity index (χ0n) is 17.8. The van der Waals surface area contributed by atoms with Crippen LogP contribution in [-0.4, -0.2) is 32.2 Å². The van der Waals surface area contributed by atoms with Gasteiger partial charge < -0.3 is 5.32 Å². The number of carbonyl (C=O) groups is 1. The van der Waals surface area contributed by atoms with Gasteiger partial charge in [0.05, 0.1) is 17.6 Å². The van der Waals surface area contributed by atoms with Crippen LogP contribution in [0.1, 0.15) is 11.1 Å². The summed E-state index contributed by atoms with van der Waals surface area (Å²) in [4.78, 5) is 23.7. The molecule has 33 heavy (non-hydrogen) atoms. The number of nitrogens with one attached hydrogen (secondary N) is 1. The second kappa shape index (κ2) is 8.84. The number of fused-ring (bicyclic) bond motifs is 1. The lowest BCUT2D eigenvalue weighted by atomic mass is 10.1. The van der Waals surface area contributed by atoms with E-state index in [0.29, 0.717) is 28.2 Å². The van der Waals surface area contributed by atoms with Crippen molar-refractivity contribution in [3.8, 4) is 11.1 Å². The molecule has 7 nitrogen and oxygen atoms in total. The van der Waals surface area contributed by atoms with Gasteiger partial charge in [-0.15, -0.1) is 0 Å². The first-order chi connectivity index (χ1) is 16.0. The van der Waals surface area contributed by atoms with Crippen molar-refractivity contribution in [3.63, 3.8) is 0 Å². The number of aromatic nitrogens is 4. The second-order valence-corrected chi connectivity index (χ2v) is 8.60. The maximum absolute atomic E-state index is 12.9. The molecule has 0 saturated heterocycles. The Kier molecular flexibility index (Phi) is 5.74. The number of halogens is 2. The first-order valence-corrected chi connectivity index (χ1v) is 11.2. The molecule has 4 aromatic rings. The largest absolute Gasteiger partial charge is 0.325 e. The minimum absolute atomic E-state index is 0.0216. The fraction of sp³-hybridized carbons (Fsp3) is 0.167. The Bertz CT molecular complexity index is 1350. The lowest BCUT2D eigenvalue weighted by Gasteiger charge is -2.17. The molecule has 0 atom stereocenters. The predicted molar refractivity (Wildman–Crippen MR) is 130 cm³/mol. The third kappa shape index (κ3) is 4.29. The van der Waals surface area contributed by atoms with Crippen LogP contribution in [0, 0.1) is 0 Å². The Morgan fingerprint density at radius 3 is 2.73 bits per heavy atom. The van der Waals surface area contributed by atoms with E-state index >= 15 is 0 Å². The van der Waals surface area contributed by atoms with Crippen LogP contribution >= 0.6 is 23.2 Å². The highest BCUT2D eigenvalue weighted by molar-refractivity contribution is 6.33. The van der Waals surface area contributed by atoms with E-state index in [1.54, 1.807) is 34.2 Å². The molecule has 1 amide bonds. The van der Waals surface area contributed by atoms with Crippen LogP contribution in [0.25, 0.3) is 11.1 Å². The van der Waals surface area contributed by atoms with Crippen LogP contribution in [0.3, 0.4) is 0 Å². The predicted octanol–water partition coefficient (Wildman–Crippen LogP) is 5.06. The van der Waals surface area contributed by atoms with Gasteiger partial charge in [-0.2, -0.15) is 5.10 Å². The van der Waals surface area contributed by atoms with Gasteiger partial charge in [0, 0.05) is 48.2 Å². The van der Waals surface area contributed by atoms with Crippen LogP contribution in [0.4, 0.5) is 17.5 Å². The second-order valence-electron chi connectivity index (χ2n) is 7.78. The highest BCUT2D eigenvalue weighted by atomic mass is 35.5. The molecule has 1 aliphatic rings. The third-order valence-electron chi connectivity index (χ3n) is 5.65. The van der Waals surface area contributed by atoms with Gasteiger partial charge >= 0.3 is 0 Å². The summed E-state index contributed by atoms with van der Waals surface area (Å²) in [6.07, 6.45) is 6.04. The van der Waals surface area contributed by atoms with E-state index in [9.17, 15) is 4.79 Å². The average molecular weight is 479 g/mol. The van der Waals surface area contributed by atoms with E-state index in [1.165, 1.54) is 0 Å². The number of hydrogen-bond donors (Lipinski definition) is 1. The minimum Gasteiger partial charge on any atom is -0.325 e. The summed E-state index contributed by atoms with van der Waals surface area (Å²) in [5.74, 6) is 2.13. The Hall–Kier alpha value is -3.42. The van der Waals surface area contributed by atoms with E-state index in [-0.39, 0.29) is 12.3 Å². The van der Waals surface area contributed by atoms with Gasteiger partial charge in [-0.3, -0.25) is 14.4 Å². The van der Waals surface area contributed by atoms with Crippen molar-refractivity contribution in [1.29, 1.82) is 0 Å². The molecule has 0 spiro atoms. The molecule has 1 N–H and O–H groups in total. The quantitative estimate of drug-likeness (QED) is 0.433. The molecule has 1 aliphatic heterocycles. The SMILES string of the molecule is Cn1nccc1Nc1cc(-c2cnc3c(c2)CCN3C(=O)Cc2ccccc2Cl)c(Cl)cn1. The molecule has 1 aromatic carbocycles. The standard InChI is InChI=1S/C24H20Cl2N6O/c1-31-22(6-8-29-31)30-21-12-18(20(26)14-27-21)17-10-16-7-9-32(24(16)28-13-17)23(33)11-15-4-2-3-5-19(15)25/h2-6,8,10,12-14H,7,9,11H2,1H3,(H,27,30). The lowest BCUT2D eigenvalue weighted by molar-refractivity contribution is -0.117. The van der Waals surface area contributed by atoms with Crippen LogP contribution in [0.5, 0.6) is 0 Å². The molecule has 0 radical (unpaired) electrons. The maximum atomic E-state index is 12.9. The molecule has 0 aliphatic carbocycles. The number of carbonyl (C=O) groups excluding carboxylic acids is 1. The first-order valence-electron chi connectivity index (χ1n) is 10.4. The Labute approximate surface area is 201 Å². The smallest absolute Gasteiger partial charge is 0.232 e. The molecule has 4 heterocycles. The molecule has 0 bridgehead atoms. The fourth-order valence-electron chi connectivity index (χ4n) is 3.91. The van der Waals surface area contributed by atoms with Crippen molar-refractivity contribution in [2.45, 2.75) is 12.8 Å². The van der Waals surface area contributed by atoms with E-state index in [2.05, 4.69) is 20.4 Å². The molecule has 3 aromatic heterocycles. The summed E-state index contributed by atoms with van der Waals surface area (Å²) in [5, 5.41) is 8.51. The summed E-state index contributed by atoms with van der Waals surface area (Å²) in [6.45, 7) is 0.590. The van der Waals surface area contributed by atoms with Crippen molar-refractivity contribution in [2.24, 2.45) is 7.05 Å². The average Bonchev–Trinajstić information content (AvgIpc) is 3.42. The number of anilines is 3. The monoisotopic (exact) mass is 478 g/mol. The number of benzene rings is 1. The summed E-state index contributed by atoms with van der Waals surface area (Å²) in [7, 11) is 1.85.